The van der Waals surface area contributed by atoms with E-state index in [1.807, 2.05) is 12.1 Å². The van der Waals surface area contributed by atoms with Crippen molar-refractivity contribution in [1.29, 1.82) is 0 Å². The second kappa shape index (κ2) is 18.1. The second-order valence-corrected chi connectivity index (χ2v) is 24.0. The molecular formula is C49H59N9O7S2. The Hall–Kier alpha value is -5.59. The summed E-state index contributed by atoms with van der Waals surface area (Å²) in [4.78, 5) is 41.7. The van der Waals surface area contributed by atoms with Gasteiger partial charge in [0.25, 0.3) is 15.9 Å². The molecule has 16 nitrogen and oxygen atoms in total. The number of likely N-dealkylation sites (tertiary alicyclic amines) is 1. The van der Waals surface area contributed by atoms with Gasteiger partial charge in [-0.1, -0.05) is 24.3 Å². The molecule has 5 heterocycles. The van der Waals surface area contributed by atoms with E-state index in [0.717, 1.165) is 80.9 Å². The molecule has 2 aromatic carbocycles. The van der Waals surface area contributed by atoms with Crippen molar-refractivity contribution in [3.63, 3.8) is 0 Å². The van der Waals surface area contributed by atoms with Crippen LogP contribution in [0.15, 0.2) is 88.5 Å². The number of sulfonamides is 1. The number of hydrogen-bond acceptors (Lipinski definition) is 13. The number of fused-ring (bicyclic) bond motifs is 1. The molecule has 354 valence electrons. The van der Waals surface area contributed by atoms with Crippen molar-refractivity contribution < 1.29 is 27.1 Å². The Bertz CT molecular complexity index is 2920. The molecule has 5 fully saturated rings. The van der Waals surface area contributed by atoms with Crippen LogP contribution < -0.4 is 19.7 Å². The van der Waals surface area contributed by atoms with E-state index in [0.29, 0.717) is 35.4 Å². The summed E-state index contributed by atoms with van der Waals surface area (Å²) in [6.45, 7) is 3.23. The number of piperidine rings is 1. The van der Waals surface area contributed by atoms with Gasteiger partial charge in [0.2, 0.25) is 5.82 Å². The van der Waals surface area contributed by atoms with Crippen molar-refractivity contribution in [2.45, 2.75) is 106 Å². The lowest BCUT2D eigenvalue weighted by Gasteiger charge is -2.56. The third-order valence-electron chi connectivity index (χ3n) is 14.8. The summed E-state index contributed by atoms with van der Waals surface area (Å²) >= 11 is 0. The first kappa shape index (κ1) is 45.2. The third-order valence-corrected chi connectivity index (χ3v) is 16.9. The molecule has 2 aliphatic heterocycles. The Balaban J connectivity index is 0.819. The van der Waals surface area contributed by atoms with E-state index >= 15 is 0 Å². The van der Waals surface area contributed by atoms with Gasteiger partial charge < -0.3 is 19.9 Å². The van der Waals surface area contributed by atoms with Crippen LogP contribution in [0, 0.1) is 21.4 Å². The SMILES string of the molecule is CS(C)(=O)=NC1CCC(CNc2ncc(S(=O)(=O)NC(=O)c3ccc(N4CCC5(CC4)CC(N4CCCC4c4ccccc4C4CC4)C5)cc3Oc3cnc4[nH]ccc4c3)cc2[N+](=O)[O-])CC1. The topological polar surface area (TPSA) is 205 Å². The maximum atomic E-state index is 14.0. The summed E-state index contributed by atoms with van der Waals surface area (Å²) in [5, 5.41) is 16.0. The van der Waals surface area contributed by atoms with Crippen LogP contribution in [0.1, 0.15) is 110 Å². The molecule has 0 bridgehead atoms. The highest BCUT2D eigenvalue weighted by atomic mass is 32.2. The Labute approximate surface area is 392 Å². The standard InChI is InChI=1S/C49H59N9O7S2/c1-66(2,62)54-35-13-9-32(10-14-35)29-51-47-44(58(60)61)26-39(31-53-47)67(63,64)55-48(59)42-16-15-36(25-45(42)65-38-24-34-17-20-50-46(34)52-30-38)56-22-18-49(19-23-56)27-37(28-49)57-21-5-8-43(57)41-7-4-3-6-40(41)33-11-12-33/h3-4,6-7,15-17,20,24-26,30-33,35,37,43H,5,8-14,18-19,21-23,27-29H2,1-2H3,(H,50,52)(H,51,53)(H,55,59). The number of amides is 1. The monoisotopic (exact) mass is 949 g/mol. The van der Waals surface area contributed by atoms with Gasteiger partial charge in [-0.3, -0.25) is 24.0 Å². The summed E-state index contributed by atoms with van der Waals surface area (Å²) in [5.74, 6) is 0.379. The van der Waals surface area contributed by atoms with E-state index in [9.17, 15) is 27.5 Å². The number of nitrogens with zero attached hydrogens (tertiary/aromatic N) is 6. The predicted molar refractivity (Wildman–Crippen MR) is 259 cm³/mol. The van der Waals surface area contributed by atoms with Crippen molar-refractivity contribution in [2.24, 2.45) is 15.7 Å². The van der Waals surface area contributed by atoms with Gasteiger partial charge in [-0.25, -0.2) is 27.5 Å². The summed E-state index contributed by atoms with van der Waals surface area (Å²) in [7, 11) is -6.84. The zero-order valence-corrected chi connectivity index (χ0v) is 39.7. The van der Waals surface area contributed by atoms with Crippen LogP contribution in [-0.2, 0) is 19.8 Å². The quantitative estimate of drug-likeness (QED) is 0.0705. The highest BCUT2D eigenvalue weighted by Crippen LogP contribution is 2.55. The predicted octanol–water partition coefficient (Wildman–Crippen LogP) is 8.94. The molecule has 3 N–H and O–H groups in total. The molecule has 18 heteroatoms. The van der Waals surface area contributed by atoms with E-state index in [1.165, 1.54) is 51.3 Å². The molecule has 1 unspecified atom stereocenters. The van der Waals surface area contributed by atoms with Crippen molar-refractivity contribution in [2.75, 3.05) is 48.9 Å². The van der Waals surface area contributed by atoms with Crippen LogP contribution in [0.3, 0.4) is 0 Å². The number of nitro groups is 1. The Kier molecular flexibility index (Phi) is 12.2. The maximum Gasteiger partial charge on any atom is 0.312 e. The van der Waals surface area contributed by atoms with E-state index in [-0.39, 0.29) is 29.1 Å². The smallest absolute Gasteiger partial charge is 0.312 e. The Morgan fingerprint density at radius 3 is 2.42 bits per heavy atom. The number of carbonyl (C=O) groups is 1. The molecule has 3 aliphatic carbocycles. The van der Waals surface area contributed by atoms with Crippen LogP contribution >= 0.6 is 0 Å². The van der Waals surface area contributed by atoms with Gasteiger partial charge >= 0.3 is 5.69 Å². The van der Waals surface area contributed by atoms with E-state index in [1.54, 1.807) is 48.0 Å². The molecule has 1 spiro atoms. The van der Waals surface area contributed by atoms with Crippen molar-refractivity contribution in [1.82, 2.24) is 24.6 Å². The number of H-pyrrole nitrogens is 1. The zero-order valence-electron chi connectivity index (χ0n) is 38.1. The normalized spacial score (nSPS) is 22.4. The number of benzene rings is 2. The molecule has 1 atom stereocenters. The van der Waals surface area contributed by atoms with Crippen LogP contribution in [0.4, 0.5) is 17.2 Å². The number of ether oxygens (including phenoxy) is 1. The van der Waals surface area contributed by atoms with Crippen LogP contribution in [-0.4, -0.2) is 94.1 Å². The van der Waals surface area contributed by atoms with Crippen LogP contribution in [0.5, 0.6) is 11.5 Å². The highest BCUT2D eigenvalue weighted by molar-refractivity contribution is 7.92. The second-order valence-electron chi connectivity index (χ2n) is 19.8. The van der Waals surface area contributed by atoms with Crippen molar-refractivity contribution >= 4 is 53.9 Å². The molecule has 0 radical (unpaired) electrons. The van der Waals surface area contributed by atoms with Gasteiger partial charge in [0.15, 0.2) is 0 Å². The van der Waals surface area contributed by atoms with Crippen LogP contribution in [0.25, 0.3) is 11.0 Å². The lowest BCUT2D eigenvalue weighted by atomic mass is 9.59. The highest BCUT2D eigenvalue weighted by Gasteiger charge is 2.50. The molecule has 2 saturated heterocycles. The van der Waals surface area contributed by atoms with Gasteiger partial charge in [0, 0.05) is 83.4 Å². The fraction of sp³-hybridized carbons (Fsp3) is 0.490. The fourth-order valence-electron chi connectivity index (χ4n) is 11.2. The van der Waals surface area contributed by atoms with Crippen molar-refractivity contribution in [3.8, 4) is 11.5 Å². The van der Waals surface area contributed by atoms with Gasteiger partial charge in [-0.2, -0.15) is 0 Å². The number of aromatic amines is 1. The Morgan fingerprint density at radius 1 is 0.925 bits per heavy atom. The largest absolute Gasteiger partial charge is 0.455 e. The fourth-order valence-corrected chi connectivity index (χ4v) is 13.1. The molecule has 5 aromatic rings. The van der Waals surface area contributed by atoms with Gasteiger partial charge in [0.05, 0.1) is 28.9 Å². The number of aromatic nitrogens is 3. The number of anilines is 2. The van der Waals surface area contributed by atoms with Gasteiger partial charge in [-0.05, 0) is 136 Å². The minimum Gasteiger partial charge on any atom is -0.455 e. The molecule has 10 rings (SSSR count). The summed E-state index contributed by atoms with van der Waals surface area (Å²) in [5.41, 5.74) is 4.38. The molecule has 3 saturated carbocycles. The summed E-state index contributed by atoms with van der Waals surface area (Å²) in [6.07, 6.45) is 20.3. The number of hydrogen-bond donors (Lipinski definition) is 3. The average molecular weight is 950 g/mol. The number of pyridine rings is 2. The number of carbonyl (C=O) groups excluding carboxylic acids is 1. The first-order valence-electron chi connectivity index (χ1n) is 23.7. The first-order chi connectivity index (χ1) is 32.2. The third kappa shape index (κ3) is 9.88. The molecular weight excluding hydrogens is 891 g/mol. The number of rotatable bonds is 14. The van der Waals surface area contributed by atoms with E-state index in [4.69, 9.17) is 4.74 Å². The summed E-state index contributed by atoms with van der Waals surface area (Å²) in [6, 6.07) is 20.0. The zero-order chi connectivity index (χ0) is 46.5. The minimum atomic E-state index is -4.64. The lowest BCUT2D eigenvalue weighted by molar-refractivity contribution is -0.384. The average Bonchev–Trinajstić information content (AvgIpc) is 3.84. The summed E-state index contributed by atoms with van der Waals surface area (Å²) < 4.78 is 52.6. The lowest BCUT2D eigenvalue weighted by Crippen LogP contribution is -2.54. The maximum absolute atomic E-state index is 14.0. The molecule has 1 amide bonds. The van der Waals surface area contributed by atoms with Crippen LogP contribution in [0.2, 0.25) is 0 Å². The molecule has 5 aliphatic rings. The minimum absolute atomic E-state index is 0.0229. The van der Waals surface area contributed by atoms with E-state index in [2.05, 4.69) is 63.4 Å². The van der Waals surface area contributed by atoms with Gasteiger partial charge in [0.1, 0.15) is 22.0 Å². The first-order valence-corrected chi connectivity index (χ1v) is 27.5. The van der Waals surface area contributed by atoms with Crippen molar-refractivity contribution in [3.05, 3.63) is 106 Å². The van der Waals surface area contributed by atoms with Gasteiger partial charge in [-0.15, -0.1) is 0 Å². The molecule has 3 aromatic heterocycles. The number of nitrogens with one attached hydrogen (secondary N) is 3. The Morgan fingerprint density at radius 2 is 1.69 bits per heavy atom. The molecule has 67 heavy (non-hydrogen) atoms. The van der Waals surface area contributed by atoms with E-state index < -0.39 is 41.2 Å².